The van der Waals surface area contributed by atoms with Gasteiger partial charge in [0.15, 0.2) is 0 Å². The SMILES string of the molecule is Cc1sc(C2CCCCN2)cc1Cl. The number of piperidine rings is 1. The van der Waals surface area contributed by atoms with Crippen molar-refractivity contribution in [1.82, 2.24) is 5.32 Å². The lowest BCUT2D eigenvalue weighted by atomic mass is 10.0. The molecule has 0 amide bonds. The Morgan fingerprint density at radius 3 is 2.92 bits per heavy atom. The van der Waals surface area contributed by atoms with Gasteiger partial charge in [-0.3, -0.25) is 0 Å². The first-order valence-corrected chi connectivity index (χ1v) is 5.96. The number of nitrogens with one attached hydrogen (secondary N) is 1. The van der Waals surface area contributed by atoms with Gasteiger partial charge in [0.2, 0.25) is 0 Å². The summed E-state index contributed by atoms with van der Waals surface area (Å²) in [4.78, 5) is 2.64. The molecule has 13 heavy (non-hydrogen) atoms. The molecular formula is C10H14ClNS. The standard InChI is InChI=1S/C10H14ClNS/c1-7-8(11)6-10(13-7)9-4-2-3-5-12-9/h6,9,12H,2-5H2,1H3. The highest BCUT2D eigenvalue weighted by molar-refractivity contribution is 7.12. The molecule has 0 radical (unpaired) electrons. The Kier molecular flexibility index (Phi) is 2.92. The Bertz CT molecular complexity index is 270. The average molecular weight is 216 g/mol. The van der Waals surface area contributed by atoms with E-state index in [4.69, 9.17) is 11.6 Å². The van der Waals surface area contributed by atoms with E-state index < -0.39 is 0 Å². The van der Waals surface area contributed by atoms with E-state index in [-0.39, 0.29) is 0 Å². The van der Waals surface area contributed by atoms with Gasteiger partial charge in [-0.1, -0.05) is 18.0 Å². The fourth-order valence-corrected chi connectivity index (χ4v) is 3.08. The van der Waals surface area contributed by atoms with E-state index in [0.29, 0.717) is 6.04 Å². The number of halogens is 1. The maximum atomic E-state index is 6.03. The zero-order valence-electron chi connectivity index (χ0n) is 7.77. The third-order valence-electron chi connectivity index (χ3n) is 2.53. The van der Waals surface area contributed by atoms with Crippen LogP contribution in [0.15, 0.2) is 6.07 Å². The minimum Gasteiger partial charge on any atom is -0.309 e. The number of thiophene rings is 1. The predicted octanol–water partition coefficient (Wildman–Crippen LogP) is 3.52. The summed E-state index contributed by atoms with van der Waals surface area (Å²) in [5, 5.41) is 4.45. The molecule has 3 heteroatoms. The van der Waals surface area contributed by atoms with Crippen molar-refractivity contribution in [2.24, 2.45) is 0 Å². The molecule has 1 N–H and O–H groups in total. The molecule has 0 aromatic carbocycles. The number of hydrogen-bond acceptors (Lipinski definition) is 2. The van der Waals surface area contributed by atoms with Gasteiger partial charge in [-0.25, -0.2) is 0 Å². The van der Waals surface area contributed by atoms with Gasteiger partial charge in [-0.15, -0.1) is 11.3 Å². The normalized spacial score (nSPS) is 23.4. The maximum Gasteiger partial charge on any atom is 0.0545 e. The van der Waals surface area contributed by atoms with Gasteiger partial charge in [-0.05, 0) is 32.4 Å². The second-order valence-corrected chi connectivity index (χ2v) is 5.25. The highest BCUT2D eigenvalue weighted by atomic mass is 35.5. The molecule has 1 aromatic rings. The van der Waals surface area contributed by atoms with E-state index in [0.717, 1.165) is 11.6 Å². The van der Waals surface area contributed by atoms with Crippen LogP contribution < -0.4 is 5.32 Å². The minimum atomic E-state index is 0.560. The minimum absolute atomic E-state index is 0.560. The lowest BCUT2D eigenvalue weighted by Gasteiger charge is -2.22. The van der Waals surface area contributed by atoms with Gasteiger partial charge < -0.3 is 5.32 Å². The third kappa shape index (κ3) is 2.06. The quantitative estimate of drug-likeness (QED) is 0.756. The molecule has 1 aliphatic heterocycles. The largest absolute Gasteiger partial charge is 0.309 e. The van der Waals surface area contributed by atoms with E-state index in [1.807, 2.05) is 11.3 Å². The van der Waals surface area contributed by atoms with Crippen molar-refractivity contribution in [2.45, 2.75) is 32.2 Å². The van der Waals surface area contributed by atoms with Gasteiger partial charge in [-0.2, -0.15) is 0 Å². The van der Waals surface area contributed by atoms with E-state index >= 15 is 0 Å². The molecule has 1 fully saturated rings. The molecule has 0 bridgehead atoms. The van der Waals surface area contributed by atoms with E-state index in [2.05, 4.69) is 18.3 Å². The second-order valence-electron chi connectivity index (χ2n) is 3.56. The molecule has 0 aliphatic carbocycles. The van der Waals surface area contributed by atoms with Crippen LogP contribution in [0, 0.1) is 6.92 Å². The van der Waals surface area contributed by atoms with Gasteiger partial charge in [0.1, 0.15) is 0 Å². The predicted molar refractivity (Wildman–Crippen MR) is 58.7 cm³/mol. The van der Waals surface area contributed by atoms with Crippen LogP contribution in [0.2, 0.25) is 5.02 Å². The molecule has 2 heterocycles. The zero-order valence-corrected chi connectivity index (χ0v) is 9.34. The van der Waals surface area contributed by atoms with Crippen LogP contribution in [-0.2, 0) is 0 Å². The molecule has 1 atom stereocenters. The van der Waals surface area contributed by atoms with Crippen molar-refractivity contribution >= 4 is 22.9 Å². The zero-order chi connectivity index (χ0) is 9.26. The third-order valence-corrected chi connectivity index (χ3v) is 4.20. The second kappa shape index (κ2) is 3.99. The van der Waals surface area contributed by atoms with Crippen molar-refractivity contribution in [3.05, 3.63) is 20.8 Å². The van der Waals surface area contributed by atoms with Gasteiger partial charge in [0, 0.05) is 15.8 Å². The molecule has 2 rings (SSSR count). The first-order chi connectivity index (χ1) is 6.27. The molecule has 1 saturated heterocycles. The van der Waals surface area contributed by atoms with E-state index in [9.17, 15) is 0 Å². The summed E-state index contributed by atoms with van der Waals surface area (Å²) in [7, 11) is 0. The Morgan fingerprint density at radius 1 is 1.54 bits per heavy atom. The highest BCUT2D eigenvalue weighted by Crippen LogP contribution is 2.33. The Labute approximate surface area is 88.1 Å². The van der Waals surface area contributed by atoms with Crippen LogP contribution in [0.5, 0.6) is 0 Å². The van der Waals surface area contributed by atoms with Gasteiger partial charge in [0.05, 0.1) is 5.02 Å². The molecule has 1 unspecified atom stereocenters. The molecule has 0 saturated carbocycles. The summed E-state index contributed by atoms with van der Waals surface area (Å²) >= 11 is 7.86. The van der Waals surface area contributed by atoms with E-state index in [1.54, 1.807) is 0 Å². The first kappa shape index (κ1) is 9.50. The highest BCUT2D eigenvalue weighted by Gasteiger charge is 2.17. The fourth-order valence-electron chi connectivity index (χ4n) is 1.75. The summed E-state index contributed by atoms with van der Waals surface area (Å²) in [5.74, 6) is 0. The van der Waals surface area contributed by atoms with E-state index in [1.165, 1.54) is 29.0 Å². The lowest BCUT2D eigenvalue weighted by Crippen LogP contribution is -2.25. The van der Waals surface area contributed by atoms with Crippen LogP contribution in [-0.4, -0.2) is 6.54 Å². The van der Waals surface area contributed by atoms with Crippen LogP contribution in [0.4, 0.5) is 0 Å². The molecule has 1 aliphatic rings. The number of hydrogen-bond donors (Lipinski definition) is 1. The van der Waals surface area contributed by atoms with Gasteiger partial charge in [0.25, 0.3) is 0 Å². The van der Waals surface area contributed by atoms with Crippen molar-refractivity contribution in [3.63, 3.8) is 0 Å². The lowest BCUT2D eigenvalue weighted by molar-refractivity contribution is 0.417. The average Bonchev–Trinajstić information content (AvgIpc) is 2.49. The molecule has 1 aromatic heterocycles. The smallest absolute Gasteiger partial charge is 0.0545 e. The van der Waals surface area contributed by atoms with Crippen molar-refractivity contribution in [1.29, 1.82) is 0 Å². The molecule has 1 nitrogen and oxygen atoms in total. The number of rotatable bonds is 1. The maximum absolute atomic E-state index is 6.03. The fraction of sp³-hybridized carbons (Fsp3) is 0.600. The van der Waals surface area contributed by atoms with Crippen molar-refractivity contribution in [2.75, 3.05) is 6.54 Å². The Morgan fingerprint density at radius 2 is 2.38 bits per heavy atom. The van der Waals surface area contributed by atoms with Crippen LogP contribution in [0.25, 0.3) is 0 Å². The summed E-state index contributed by atoms with van der Waals surface area (Å²) in [6.07, 6.45) is 3.91. The molecular weight excluding hydrogens is 202 g/mol. The first-order valence-electron chi connectivity index (χ1n) is 4.76. The monoisotopic (exact) mass is 215 g/mol. The summed E-state index contributed by atoms with van der Waals surface area (Å²) < 4.78 is 0. The van der Waals surface area contributed by atoms with Crippen LogP contribution in [0.1, 0.15) is 35.1 Å². The summed E-state index contributed by atoms with van der Waals surface area (Å²) in [6, 6.07) is 2.68. The topological polar surface area (TPSA) is 12.0 Å². The van der Waals surface area contributed by atoms with Gasteiger partial charge >= 0.3 is 0 Å². The Hall–Kier alpha value is -0.0500. The molecule has 72 valence electrons. The molecule has 0 spiro atoms. The van der Waals surface area contributed by atoms with Crippen molar-refractivity contribution < 1.29 is 0 Å². The summed E-state index contributed by atoms with van der Waals surface area (Å²) in [6.45, 7) is 3.23. The van der Waals surface area contributed by atoms with Crippen LogP contribution in [0.3, 0.4) is 0 Å². The summed E-state index contributed by atoms with van der Waals surface area (Å²) in [5.41, 5.74) is 0. The number of aryl methyl sites for hydroxylation is 1. The van der Waals surface area contributed by atoms with Crippen LogP contribution >= 0.6 is 22.9 Å². The Balaban J connectivity index is 2.14. The van der Waals surface area contributed by atoms with Crippen molar-refractivity contribution in [3.8, 4) is 0 Å².